The van der Waals surface area contributed by atoms with Gasteiger partial charge in [-0.3, -0.25) is 0 Å². The van der Waals surface area contributed by atoms with Gasteiger partial charge in [0.1, 0.15) is 0 Å². The summed E-state index contributed by atoms with van der Waals surface area (Å²) in [5.41, 5.74) is -0.477. The van der Waals surface area contributed by atoms with E-state index in [-0.39, 0.29) is 6.10 Å². The molecule has 0 aliphatic heterocycles. The van der Waals surface area contributed by atoms with Crippen LogP contribution in [0.5, 0.6) is 0 Å². The van der Waals surface area contributed by atoms with E-state index in [0.29, 0.717) is 0 Å². The molecule has 0 saturated heterocycles. The van der Waals surface area contributed by atoms with Crippen LogP contribution >= 0.6 is 0 Å². The molecule has 0 radical (unpaired) electrons. The summed E-state index contributed by atoms with van der Waals surface area (Å²) in [6.45, 7) is 2.21. The number of hydrogen-bond donors (Lipinski definition) is 2. The second kappa shape index (κ2) is 7.29. The van der Waals surface area contributed by atoms with E-state index in [2.05, 4.69) is 6.92 Å². The molecule has 2 unspecified atom stereocenters. The molecule has 0 amide bonds. The summed E-state index contributed by atoms with van der Waals surface area (Å²) in [7, 11) is 0. The van der Waals surface area contributed by atoms with Gasteiger partial charge in [-0.25, -0.2) is 0 Å². The summed E-state index contributed by atoms with van der Waals surface area (Å²) in [6.07, 6.45) is 11.2. The van der Waals surface area contributed by atoms with Crippen LogP contribution in [0.25, 0.3) is 0 Å². The van der Waals surface area contributed by atoms with Gasteiger partial charge in [0.15, 0.2) is 0 Å². The van der Waals surface area contributed by atoms with Gasteiger partial charge in [-0.2, -0.15) is 0 Å². The second-order valence-corrected chi connectivity index (χ2v) is 5.47. The zero-order valence-corrected chi connectivity index (χ0v) is 10.7. The summed E-state index contributed by atoms with van der Waals surface area (Å²) < 4.78 is 0. The van der Waals surface area contributed by atoms with Crippen molar-refractivity contribution in [2.75, 3.05) is 0 Å². The van der Waals surface area contributed by atoms with Crippen molar-refractivity contribution in [3.8, 4) is 0 Å². The number of aliphatic hydroxyl groups excluding tert-OH is 1. The molecule has 0 bridgehead atoms. The predicted octanol–water partition coefficient (Wildman–Crippen LogP) is 3.40. The maximum absolute atomic E-state index is 10.5. The zero-order valence-electron chi connectivity index (χ0n) is 10.7. The lowest BCUT2D eigenvalue weighted by molar-refractivity contribution is -0.0130. The first-order valence-electron chi connectivity index (χ1n) is 7.07. The molecule has 0 aromatic heterocycles. The van der Waals surface area contributed by atoms with Crippen LogP contribution in [0.1, 0.15) is 77.6 Å². The van der Waals surface area contributed by atoms with Crippen molar-refractivity contribution in [1.29, 1.82) is 0 Å². The van der Waals surface area contributed by atoms with Gasteiger partial charge >= 0.3 is 0 Å². The predicted molar refractivity (Wildman–Crippen MR) is 67.4 cm³/mol. The monoisotopic (exact) mass is 228 g/mol. The van der Waals surface area contributed by atoms with E-state index in [1.165, 1.54) is 19.3 Å². The van der Waals surface area contributed by atoms with Crippen molar-refractivity contribution in [2.45, 2.75) is 89.3 Å². The van der Waals surface area contributed by atoms with Crippen LogP contribution in [0, 0.1) is 0 Å². The first kappa shape index (κ1) is 14.0. The quantitative estimate of drug-likeness (QED) is 0.708. The van der Waals surface area contributed by atoms with Crippen LogP contribution in [-0.4, -0.2) is 21.9 Å². The van der Waals surface area contributed by atoms with Crippen LogP contribution < -0.4 is 0 Å². The van der Waals surface area contributed by atoms with Crippen molar-refractivity contribution in [2.24, 2.45) is 0 Å². The summed E-state index contributed by atoms with van der Waals surface area (Å²) in [5, 5.41) is 20.1. The van der Waals surface area contributed by atoms with Crippen molar-refractivity contribution < 1.29 is 10.2 Å². The van der Waals surface area contributed by atoms with Gasteiger partial charge in [-0.1, -0.05) is 45.4 Å². The molecular weight excluding hydrogens is 200 g/mol. The van der Waals surface area contributed by atoms with Gasteiger partial charge in [0.25, 0.3) is 0 Å². The molecule has 0 spiro atoms. The summed E-state index contributed by atoms with van der Waals surface area (Å²) in [6, 6.07) is 0. The molecule has 1 aliphatic carbocycles. The Hall–Kier alpha value is -0.0800. The van der Waals surface area contributed by atoms with Crippen LogP contribution in [0.15, 0.2) is 0 Å². The van der Waals surface area contributed by atoms with E-state index in [1.54, 1.807) is 0 Å². The van der Waals surface area contributed by atoms with Gasteiger partial charge < -0.3 is 10.2 Å². The number of hydrogen-bond acceptors (Lipinski definition) is 2. The number of aliphatic hydroxyl groups is 2. The van der Waals surface area contributed by atoms with E-state index in [9.17, 15) is 10.2 Å². The van der Waals surface area contributed by atoms with Gasteiger partial charge in [-0.15, -0.1) is 0 Å². The highest BCUT2D eigenvalue weighted by atomic mass is 16.3. The second-order valence-electron chi connectivity index (χ2n) is 5.47. The summed E-state index contributed by atoms with van der Waals surface area (Å²) in [5.74, 6) is 0. The fourth-order valence-electron chi connectivity index (χ4n) is 2.67. The van der Waals surface area contributed by atoms with E-state index < -0.39 is 5.60 Å². The molecule has 0 aromatic carbocycles. The first-order valence-corrected chi connectivity index (χ1v) is 7.07. The smallest absolute Gasteiger partial charge is 0.0648 e. The maximum Gasteiger partial charge on any atom is 0.0648 e. The van der Waals surface area contributed by atoms with Crippen molar-refractivity contribution >= 4 is 0 Å². The summed E-state index contributed by atoms with van der Waals surface area (Å²) >= 11 is 0. The Bertz CT molecular complexity index is 182. The average molecular weight is 228 g/mol. The fraction of sp³-hybridized carbons (Fsp3) is 1.00. The van der Waals surface area contributed by atoms with Crippen molar-refractivity contribution in [3.05, 3.63) is 0 Å². The molecule has 0 heterocycles. The number of unbranched alkanes of at least 4 members (excludes halogenated alkanes) is 3. The normalized spacial score (nSPS) is 32.1. The molecule has 16 heavy (non-hydrogen) atoms. The Morgan fingerprint density at radius 2 is 1.88 bits per heavy atom. The standard InChI is InChI=1S/C14H28O2/c1-2-3-4-6-10-14(16)11-7-5-8-13(15)9-12-14/h13,15-16H,2-12H2,1H3. The lowest BCUT2D eigenvalue weighted by Gasteiger charge is -2.31. The van der Waals surface area contributed by atoms with E-state index in [0.717, 1.165) is 51.4 Å². The largest absolute Gasteiger partial charge is 0.393 e. The first-order chi connectivity index (χ1) is 7.66. The molecule has 0 aromatic rings. The van der Waals surface area contributed by atoms with Gasteiger partial charge in [0.2, 0.25) is 0 Å². The molecule has 2 N–H and O–H groups in total. The molecule has 2 atom stereocenters. The maximum atomic E-state index is 10.5. The zero-order chi connectivity index (χ0) is 11.9. The molecule has 2 nitrogen and oxygen atoms in total. The SMILES string of the molecule is CCCCCCC1(O)CCCCC(O)CC1. The Morgan fingerprint density at radius 3 is 2.62 bits per heavy atom. The number of rotatable bonds is 5. The minimum Gasteiger partial charge on any atom is -0.393 e. The van der Waals surface area contributed by atoms with Gasteiger partial charge in [0.05, 0.1) is 11.7 Å². The van der Waals surface area contributed by atoms with Crippen LogP contribution in [0.4, 0.5) is 0 Å². The third-order valence-corrected chi connectivity index (χ3v) is 3.87. The molecular formula is C14H28O2. The molecule has 1 fully saturated rings. The molecule has 1 saturated carbocycles. The Labute approximate surface area is 100 Å². The lowest BCUT2D eigenvalue weighted by atomic mass is 9.82. The third kappa shape index (κ3) is 5.31. The van der Waals surface area contributed by atoms with E-state index in [4.69, 9.17) is 0 Å². The Balaban J connectivity index is 2.28. The van der Waals surface area contributed by atoms with Crippen molar-refractivity contribution in [3.63, 3.8) is 0 Å². The topological polar surface area (TPSA) is 40.5 Å². The minimum absolute atomic E-state index is 0.178. The summed E-state index contributed by atoms with van der Waals surface area (Å²) in [4.78, 5) is 0. The molecule has 1 rings (SSSR count). The molecule has 2 heteroatoms. The van der Waals surface area contributed by atoms with Crippen LogP contribution in [-0.2, 0) is 0 Å². The van der Waals surface area contributed by atoms with E-state index >= 15 is 0 Å². The van der Waals surface area contributed by atoms with E-state index in [1.807, 2.05) is 0 Å². The highest BCUT2D eigenvalue weighted by Gasteiger charge is 2.28. The minimum atomic E-state index is -0.477. The van der Waals surface area contributed by atoms with Crippen LogP contribution in [0.3, 0.4) is 0 Å². The third-order valence-electron chi connectivity index (χ3n) is 3.87. The van der Waals surface area contributed by atoms with Crippen LogP contribution in [0.2, 0.25) is 0 Å². The fourth-order valence-corrected chi connectivity index (χ4v) is 2.67. The van der Waals surface area contributed by atoms with Gasteiger partial charge in [-0.05, 0) is 32.1 Å². The Morgan fingerprint density at radius 1 is 1.06 bits per heavy atom. The van der Waals surface area contributed by atoms with Crippen molar-refractivity contribution in [1.82, 2.24) is 0 Å². The highest BCUT2D eigenvalue weighted by Crippen LogP contribution is 2.30. The average Bonchev–Trinajstić information content (AvgIpc) is 2.26. The van der Waals surface area contributed by atoms with Gasteiger partial charge in [0, 0.05) is 0 Å². The Kier molecular flexibility index (Phi) is 6.37. The lowest BCUT2D eigenvalue weighted by Crippen LogP contribution is -2.31. The highest BCUT2D eigenvalue weighted by molar-refractivity contribution is 4.81. The molecule has 96 valence electrons. The molecule has 1 aliphatic rings.